The highest BCUT2D eigenvalue weighted by molar-refractivity contribution is 6.29. The van der Waals surface area contributed by atoms with E-state index in [-0.39, 0.29) is 5.54 Å². The second-order valence-corrected chi connectivity index (χ2v) is 4.81. The van der Waals surface area contributed by atoms with E-state index in [9.17, 15) is 0 Å². The summed E-state index contributed by atoms with van der Waals surface area (Å²) >= 11 is 5.80. The van der Waals surface area contributed by atoms with Gasteiger partial charge in [0.1, 0.15) is 5.15 Å². The fourth-order valence-electron chi connectivity index (χ4n) is 0.989. The van der Waals surface area contributed by atoms with Crippen molar-refractivity contribution in [3.8, 4) is 0 Å². The Balaban J connectivity index is 2.57. The van der Waals surface area contributed by atoms with Crippen LogP contribution in [0.2, 0.25) is 5.15 Å². The maximum absolute atomic E-state index is 5.80. The van der Waals surface area contributed by atoms with Gasteiger partial charge in [0, 0.05) is 24.0 Å². The van der Waals surface area contributed by atoms with E-state index in [1.807, 2.05) is 12.1 Å². The Labute approximate surface area is 96.5 Å². The second-order valence-electron chi connectivity index (χ2n) is 4.43. The Morgan fingerprint density at radius 3 is 2.67 bits per heavy atom. The van der Waals surface area contributed by atoms with Crippen molar-refractivity contribution in [2.24, 2.45) is 0 Å². The van der Waals surface area contributed by atoms with Crippen LogP contribution in [0.25, 0.3) is 0 Å². The van der Waals surface area contributed by atoms with Gasteiger partial charge in [0.05, 0.1) is 0 Å². The van der Waals surface area contributed by atoms with E-state index in [1.54, 1.807) is 6.20 Å². The molecule has 0 aliphatic heterocycles. The van der Waals surface area contributed by atoms with Gasteiger partial charge in [0.15, 0.2) is 0 Å². The maximum Gasteiger partial charge on any atom is 0.131 e. The highest BCUT2D eigenvalue weighted by atomic mass is 35.5. The summed E-state index contributed by atoms with van der Waals surface area (Å²) in [4.78, 5) is 6.12. The molecule has 0 aliphatic rings. The van der Waals surface area contributed by atoms with Gasteiger partial charge in [-0.15, -0.1) is 0 Å². The molecule has 1 aromatic rings. The van der Waals surface area contributed by atoms with Gasteiger partial charge in [-0.2, -0.15) is 0 Å². The molecular weight excluding hydrogens is 210 g/mol. The molecule has 3 nitrogen and oxygen atoms in total. The number of halogens is 1. The Bertz CT molecular complexity index is 323. The number of aromatic nitrogens is 1. The first-order valence-electron chi connectivity index (χ1n) is 4.95. The zero-order valence-electron chi connectivity index (χ0n) is 9.71. The van der Waals surface area contributed by atoms with Crippen molar-refractivity contribution in [1.29, 1.82) is 0 Å². The third kappa shape index (κ3) is 3.68. The third-order valence-electron chi connectivity index (χ3n) is 2.66. The summed E-state index contributed by atoms with van der Waals surface area (Å²) in [6.45, 7) is 5.23. The summed E-state index contributed by atoms with van der Waals surface area (Å²) in [7, 11) is 4.14. The first-order valence-corrected chi connectivity index (χ1v) is 5.32. The van der Waals surface area contributed by atoms with E-state index in [2.05, 4.69) is 43.1 Å². The molecule has 84 valence electrons. The van der Waals surface area contributed by atoms with Gasteiger partial charge in [-0.1, -0.05) is 11.6 Å². The minimum atomic E-state index is 0.107. The quantitative estimate of drug-likeness (QED) is 0.802. The predicted octanol–water partition coefficient (Wildman–Crippen LogP) is 2.49. The van der Waals surface area contributed by atoms with Crippen molar-refractivity contribution in [3.05, 3.63) is 23.5 Å². The highest BCUT2D eigenvalue weighted by Crippen LogP contribution is 2.15. The second kappa shape index (κ2) is 4.81. The van der Waals surface area contributed by atoms with Crippen LogP contribution in [0, 0.1) is 0 Å². The highest BCUT2D eigenvalue weighted by Gasteiger charge is 2.19. The predicted molar refractivity (Wildman–Crippen MR) is 65.5 cm³/mol. The van der Waals surface area contributed by atoms with Gasteiger partial charge in [-0.25, -0.2) is 4.98 Å². The molecule has 1 aromatic heterocycles. The normalized spacial score (nSPS) is 11.9. The van der Waals surface area contributed by atoms with Crippen LogP contribution in [0.1, 0.15) is 13.8 Å². The first-order chi connectivity index (χ1) is 6.92. The van der Waals surface area contributed by atoms with E-state index in [0.29, 0.717) is 5.15 Å². The molecule has 0 aromatic carbocycles. The van der Waals surface area contributed by atoms with Crippen LogP contribution in [0.4, 0.5) is 5.69 Å². The molecule has 0 atom stereocenters. The fourth-order valence-corrected chi connectivity index (χ4v) is 1.16. The van der Waals surface area contributed by atoms with Crippen LogP contribution in [-0.2, 0) is 0 Å². The summed E-state index contributed by atoms with van der Waals surface area (Å²) < 4.78 is 0. The lowest BCUT2D eigenvalue weighted by atomic mass is 10.0. The fraction of sp³-hybridized carbons (Fsp3) is 0.545. The van der Waals surface area contributed by atoms with Crippen LogP contribution < -0.4 is 5.32 Å². The molecule has 0 bridgehead atoms. The minimum Gasteiger partial charge on any atom is -0.383 e. The standard InChI is InChI=1S/C11H18ClN3/c1-11(2,15(3)4)8-14-9-5-6-13-10(12)7-9/h5-7H,8H2,1-4H3,(H,13,14). The van der Waals surface area contributed by atoms with Crippen molar-refractivity contribution in [1.82, 2.24) is 9.88 Å². The molecule has 0 radical (unpaired) electrons. The molecule has 15 heavy (non-hydrogen) atoms. The van der Waals surface area contributed by atoms with Gasteiger partial charge in [0.2, 0.25) is 0 Å². The topological polar surface area (TPSA) is 28.2 Å². The number of hydrogen-bond acceptors (Lipinski definition) is 3. The summed E-state index contributed by atoms with van der Waals surface area (Å²) in [6.07, 6.45) is 1.70. The van der Waals surface area contributed by atoms with Crippen LogP contribution >= 0.6 is 11.6 Å². The van der Waals surface area contributed by atoms with Crippen LogP contribution in [0.15, 0.2) is 18.3 Å². The molecule has 1 N–H and O–H groups in total. The van der Waals surface area contributed by atoms with Gasteiger partial charge in [-0.05, 0) is 40.1 Å². The molecule has 4 heteroatoms. The number of anilines is 1. The van der Waals surface area contributed by atoms with E-state index in [4.69, 9.17) is 11.6 Å². The van der Waals surface area contributed by atoms with Crippen molar-refractivity contribution >= 4 is 17.3 Å². The Morgan fingerprint density at radius 1 is 1.47 bits per heavy atom. The Hall–Kier alpha value is -0.800. The number of rotatable bonds is 4. The van der Waals surface area contributed by atoms with Gasteiger partial charge < -0.3 is 10.2 Å². The molecule has 1 rings (SSSR count). The molecule has 0 saturated heterocycles. The zero-order valence-corrected chi connectivity index (χ0v) is 10.5. The van der Waals surface area contributed by atoms with Crippen molar-refractivity contribution in [3.63, 3.8) is 0 Å². The van der Waals surface area contributed by atoms with Crippen molar-refractivity contribution < 1.29 is 0 Å². The molecule has 0 saturated carbocycles. The SMILES string of the molecule is CN(C)C(C)(C)CNc1ccnc(Cl)c1. The summed E-state index contributed by atoms with van der Waals surface area (Å²) in [5.41, 5.74) is 1.11. The molecule has 0 fully saturated rings. The molecule has 0 amide bonds. The maximum atomic E-state index is 5.80. The lowest BCUT2D eigenvalue weighted by molar-refractivity contribution is 0.210. The monoisotopic (exact) mass is 227 g/mol. The molecule has 0 unspecified atom stereocenters. The molecule has 1 heterocycles. The number of pyridine rings is 1. The number of nitrogens with zero attached hydrogens (tertiary/aromatic N) is 2. The molecule has 0 spiro atoms. The summed E-state index contributed by atoms with van der Waals surface area (Å²) in [6, 6.07) is 3.74. The smallest absolute Gasteiger partial charge is 0.131 e. The number of nitrogens with one attached hydrogen (secondary N) is 1. The summed E-state index contributed by atoms with van der Waals surface area (Å²) in [5, 5.41) is 3.86. The first kappa shape index (κ1) is 12.3. The van der Waals surface area contributed by atoms with E-state index in [0.717, 1.165) is 12.2 Å². The lowest BCUT2D eigenvalue weighted by Crippen LogP contribution is -2.44. The van der Waals surface area contributed by atoms with Crippen molar-refractivity contribution in [2.45, 2.75) is 19.4 Å². The largest absolute Gasteiger partial charge is 0.383 e. The van der Waals surface area contributed by atoms with Gasteiger partial charge >= 0.3 is 0 Å². The van der Waals surface area contributed by atoms with Crippen molar-refractivity contribution in [2.75, 3.05) is 26.0 Å². The Kier molecular flexibility index (Phi) is 3.94. The van der Waals surface area contributed by atoms with Gasteiger partial charge in [0.25, 0.3) is 0 Å². The van der Waals surface area contributed by atoms with Crippen LogP contribution in [-0.4, -0.2) is 36.1 Å². The molecular formula is C11H18ClN3. The van der Waals surface area contributed by atoms with Gasteiger partial charge in [-0.3, -0.25) is 0 Å². The average molecular weight is 228 g/mol. The Morgan fingerprint density at radius 2 is 2.13 bits per heavy atom. The summed E-state index contributed by atoms with van der Waals surface area (Å²) in [5.74, 6) is 0. The third-order valence-corrected chi connectivity index (χ3v) is 2.87. The number of hydrogen-bond donors (Lipinski definition) is 1. The lowest BCUT2D eigenvalue weighted by Gasteiger charge is -2.33. The van der Waals surface area contributed by atoms with Crippen LogP contribution in [0.3, 0.4) is 0 Å². The van der Waals surface area contributed by atoms with E-state index >= 15 is 0 Å². The zero-order chi connectivity index (χ0) is 11.5. The van der Waals surface area contributed by atoms with Crippen LogP contribution in [0.5, 0.6) is 0 Å². The average Bonchev–Trinajstić information content (AvgIpc) is 2.15. The number of likely N-dealkylation sites (N-methyl/N-ethyl adjacent to an activating group) is 1. The molecule has 0 aliphatic carbocycles. The van der Waals surface area contributed by atoms with E-state index < -0.39 is 0 Å². The van der Waals surface area contributed by atoms with E-state index in [1.165, 1.54) is 0 Å². The minimum absolute atomic E-state index is 0.107.